The lowest BCUT2D eigenvalue weighted by atomic mass is 10.1. The van der Waals surface area contributed by atoms with E-state index in [9.17, 15) is 25.0 Å². The maximum Gasteiger partial charge on any atom is 0.305 e. The Morgan fingerprint density at radius 1 is 0.547 bits per heavy atom. The van der Waals surface area contributed by atoms with Gasteiger partial charge in [0.2, 0.25) is 0 Å². The molecular formula is C36H63N3O14. The van der Waals surface area contributed by atoms with E-state index in [1.807, 2.05) is 0 Å². The van der Waals surface area contributed by atoms with Crippen molar-refractivity contribution in [2.24, 2.45) is 0 Å². The Balaban J connectivity index is 1.73. The number of unbranched alkanes of at least 4 members (excludes halogenated alkanes) is 8. The van der Waals surface area contributed by atoms with Crippen molar-refractivity contribution in [1.29, 1.82) is 0 Å². The maximum atomic E-state index is 11.8. The second kappa shape index (κ2) is 36.0. The molecule has 53 heavy (non-hydrogen) atoms. The highest BCUT2D eigenvalue weighted by atomic mass is 16.6. The summed E-state index contributed by atoms with van der Waals surface area (Å²) in [6, 6.07) is 3.43. The first kappa shape index (κ1) is 48.0. The van der Waals surface area contributed by atoms with Crippen molar-refractivity contribution in [1.82, 2.24) is 0 Å². The quantitative estimate of drug-likeness (QED) is 0.0380. The van der Waals surface area contributed by atoms with Gasteiger partial charge < -0.3 is 47.9 Å². The maximum absolute atomic E-state index is 11.8. The summed E-state index contributed by atoms with van der Waals surface area (Å²) < 4.78 is 48.8. The second-order valence-corrected chi connectivity index (χ2v) is 11.8. The molecule has 0 amide bonds. The van der Waals surface area contributed by atoms with Crippen molar-refractivity contribution in [3.05, 3.63) is 38.4 Å². The molecule has 0 bridgehead atoms. The number of esters is 1. The lowest BCUT2D eigenvalue weighted by Crippen LogP contribution is -2.16. The first-order chi connectivity index (χ1) is 26.0. The zero-order valence-corrected chi connectivity index (χ0v) is 31.6. The van der Waals surface area contributed by atoms with Crippen LogP contribution in [0.5, 0.6) is 0 Å². The zero-order valence-electron chi connectivity index (χ0n) is 31.6. The van der Waals surface area contributed by atoms with E-state index in [4.69, 9.17) is 42.6 Å². The highest BCUT2D eigenvalue weighted by Crippen LogP contribution is 2.28. The van der Waals surface area contributed by atoms with Gasteiger partial charge >= 0.3 is 5.97 Å². The number of nitro benzene ring substituents is 2. The Hall–Kier alpha value is -3.03. The van der Waals surface area contributed by atoms with E-state index >= 15 is 0 Å². The third-order valence-corrected chi connectivity index (χ3v) is 7.53. The van der Waals surface area contributed by atoms with Crippen LogP contribution in [0, 0.1) is 20.2 Å². The predicted octanol–water partition coefficient (Wildman–Crippen LogP) is 5.51. The molecular weight excluding hydrogens is 698 g/mol. The van der Waals surface area contributed by atoms with Crippen molar-refractivity contribution in [3.63, 3.8) is 0 Å². The molecule has 0 unspecified atom stereocenters. The summed E-state index contributed by atoms with van der Waals surface area (Å²) in [7, 11) is 0. The number of rotatable bonds is 40. The van der Waals surface area contributed by atoms with Crippen LogP contribution < -0.4 is 5.32 Å². The minimum Gasteiger partial charge on any atom is -0.463 e. The van der Waals surface area contributed by atoms with Gasteiger partial charge in [0.1, 0.15) is 12.3 Å². The summed E-state index contributed by atoms with van der Waals surface area (Å²) >= 11 is 0. The van der Waals surface area contributed by atoms with Crippen LogP contribution in [0.1, 0.15) is 71.1 Å². The molecule has 0 aliphatic rings. The number of carbonyl (C=O) groups excluding carboxylic acids is 1. The summed E-state index contributed by atoms with van der Waals surface area (Å²) in [6.45, 7) is 9.43. The summed E-state index contributed by atoms with van der Waals surface area (Å²) in [5.74, 6) is -0.152. The number of ether oxygens (including phenoxy) is 9. The lowest BCUT2D eigenvalue weighted by Gasteiger charge is -2.09. The van der Waals surface area contributed by atoms with Gasteiger partial charge in [-0.25, -0.2) is 0 Å². The second-order valence-electron chi connectivity index (χ2n) is 11.8. The molecule has 1 aromatic carbocycles. The van der Waals surface area contributed by atoms with Gasteiger partial charge in [-0.3, -0.25) is 25.0 Å². The van der Waals surface area contributed by atoms with Gasteiger partial charge in [0, 0.05) is 19.0 Å². The summed E-state index contributed by atoms with van der Waals surface area (Å²) in [5.41, 5.74) is -0.529. The van der Waals surface area contributed by atoms with E-state index in [1.165, 1.54) is 57.1 Å². The Morgan fingerprint density at radius 2 is 0.943 bits per heavy atom. The van der Waals surface area contributed by atoms with Crippen LogP contribution in [-0.4, -0.2) is 135 Å². The van der Waals surface area contributed by atoms with Crippen LogP contribution in [0.15, 0.2) is 18.2 Å². The molecule has 0 aromatic heterocycles. The third kappa shape index (κ3) is 30.0. The van der Waals surface area contributed by atoms with Crippen molar-refractivity contribution < 1.29 is 57.3 Å². The van der Waals surface area contributed by atoms with Gasteiger partial charge in [-0.05, 0) is 12.5 Å². The molecule has 0 radical (unpaired) electrons. The van der Waals surface area contributed by atoms with Gasteiger partial charge in [-0.2, -0.15) is 0 Å². The van der Waals surface area contributed by atoms with Crippen molar-refractivity contribution in [2.75, 3.05) is 124 Å². The first-order valence-electron chi connectivity index (χ1n) is 18.9. The molecule has 0 spiro atoms. The fourth-order valence-electron chi connectivity index (χ4n) is 4.70. The molecule has 0 fully saturated rings. The largest absolute Gasteiger partial charge is 0.463 e. The normalized spacial score (nSPS) is 11.2. The summed E-state index contributed by atoms with van der Waals surface area (Å²) in [4.78, 5) is 32.4. The fourth-order valence-corrected chi connectivity index (χ4v) is 4.70. The van der Waals surface area contributed by atoms with Crippen LogP contribution >= 0.6 is 0 Å². The minimum absolute atomic E-state index is 0.152. The highest BCUT2D eigenvalue weighted by molar-refractivity contribution is 5.69. The zero-order chi connectivity index (χ0) is 38.5. The Bertz CT molecular complexity index is 1050. The number of carbonyl (C=O) groups is 1. The molecule has 1 N–H and O–H groups in total. The molecule has 1 rings (SSSR count). The van der Waals surface area contributed by atoms with Crippen molar-refractivity contribution in [2.45, 2.75) is 71.1 Å². The number of hydrogen-bond acceptors (Lipinski definition) is 15. The number of nitrogens with zero attached hydrogens (tertiary/aromatic N) is 2. The molecule has 0 heterocycles. The Kier molecular flexibility index (Phi) is 32.6. The SMILES string of the molecule is CCCCCCCCCCCC(=O)OCCOCCOCCOCCOCCOCCOCCOCCOCCNc1ccc([N+](=O)[O-])cc1[N+](=O)[O-]. The standard InChI is InChI=1S/C36H63N3O14/c1-2-3-4-5-6-7-8-9-10-11-36(40)53-31-30-52-29-28-51-27-26-50-25-24-49-23-22-48-21-20-47-19-18-46-17-16-45-15-14-37-34-13-12-33(38(41)42)32-35(34)39(43)44/h12-13,32,37H,2-11,14-31H2,1H3. The number of hydrogen-bond donors (Lipinski definition) is 1. The summed E-state index contributed by atoms with van der Waals surface area (Å²) in [5, 5.41) is 24.8. The number of anilines is 1. The van der Waals surface area contributed by atoms with Gasteiger partial charge in [0.25, 0.3) is 11.4 Å². The highest BCUT2D eigenvalue weighted by Gasteiger charge is 2.19. The molecule has 1 aromatic rings. The lowest BCUT2D eigenvalue weighted by molar-refractivity contribution is -0.393. The summed E-state index contributed by atoms with van der Waals surface area (Å²) in [6.07, 6.45) is 11.5. The van der Waals surface area contributed by atoms with Crippen LogP contribution in [0.3, 0.4) is 0 Å². The fraction of sp³-hybridized carbons (Fsp3) is 0.806. The van der Waals surface area contributed by atoms with Gasteiger partial charge in [0.15, 0.2) is 0 Å². The van der Waals surface area contributed by atoms with Crippen molar-refractivity contribution >= 4 is 23.0 Å². The average molecular weight is 762 g/mol. The number of benzene rings is 1. The van der Waals surface area contributed by atoms with Crippen molar-refractivity contribution in [3.8, 4) is 0 Å². The van der Waals surface area contributed by atoms with Crippen LogP contribution in [0.2, 0.25) is 0 Å². The molecule has 0 aliphatic carbocycles. The molecule has 0 saturated heterocycles. The molecule has 306 valence electrons. The van der Waals surface area contributed by atoms with Gasteiger partial charge in [-0.15, -0.1) is 0 Å². The van der Waals surface area contributed by atoms with Gasteiger partial charge in [-0.1, -0.05) is 58.3 Å². The average Bonchev–Trinajstić information content (AvgIpc) is 3.15. The first-order valence-corrected chi connectivity index (χ1v) is 18.9. The van der Waals surface area contributed by atoms with Crippen LogP contribution in [0.4, 0.5) is 17.1 Å². The number of non-ortho nitro benzene ring substituents is 1. The monoisotopic (exact) mass is 761 g/mol. The van der Waals surface area contributed by atoms with E-state index in [0.29, 0.717) is 106 Å². The predicted molar refractivity (Wildman–Crippen MR) is 198 cm³/mol. The molecule has 0 atom stereocenters. The molecule has 17 nitrogen and oxygen atoms in total. The number of nitrogens with one attached hydrogen (secondary N) is 1. The van der Waals surface area contributed by atoms with Crippen LogP contribution in [0.25, 0.3) is 0 Å². The van der Waals surface area contributed by atoms with E-state index in [0.717, 1.165) is 18.9 Å². The van der Waals surface area contributed by atoms with E-state index in [-0.39, 0.29) is 42.8 Å². The van der Waals surface area contributed by atoms with E-state index in [2.05, 4.69) is 12.2 Å². The van der Waals surface area contributed by atoms with Crippen LogP contribution in [-0.2, 0) is 47.4 Å². The topological polar surface area (TPSA) is 198 Å². The third-order valence-electron chi connectivity index (χ3n) is 7.53. The van der Waals surface area contributed by atoms with E-state index < -0.39 is 9.85 Å². The Morgan fingerprint density at radius 3 is 1.36 bits per heavy atom. The minimum atomic E-state index is -0.681. The number of nitro groups is 2. The van der Waals surface area contributed by atoms with Gasteiger partial charge in [0.05, 0.1) is 122 Å². The smallest absolute Gasteiger partial charge is 0.305 e. The van der Waals surface area contributed by atoms with E-state index in [1.54, 1.807) is 0 Å². The molecule has 0 aliphatic heterocycles. The molecule has 17 heteroatoms. The molecule has 0 saturated carbocycles. The Labute approximate surface area is 313 Å².